The van der Waals surface area contributed by atoms with Crippen molar-refractivity contribution < 1.29 is 23.4 Å². The topological polar surface area (TPSA) is 82.8 Å². The highest BCUT2D eigenvalue weighted by Crippen LogP contribution is 2.21. The minimum absolute atomic E-state index is 0.00785. The summed E-state index contributed by atoms with van der Waals surface area (Å²) in [6, 6.07) is 5.38. The molecule has 3 rings (SSSR count). The zero-order valence-electron chi connectivity index (χ0n) is 13.7. The van der Waals surface area contributed by atoms with Crippen LogP contribution in [0.2, 0.25) is 0 Å². The number of hydrogen-bond acceptors (Lipinski definition) is 6. The summed E-state index contributed by atoms with van der Waals surface area (Å²) in [7, 11) is 1.60. The lowest BCUT2D eigenvalue weighted by Gasteiger charge is -2.22. The number of fused-ring (bicyclic) bond motifs is 1. The van der Waals surface area contributed by atoms with E-state index < -0.39 is 0 Å². The molecule has 0 unspecified atom stereocenters. The van der Waals surface area contributed by atoms with Crippen LogP contribution in [0.25, 0.3) is 11.1 Å². The van der Waals surface area contributed by atoms with Crippen LogP contribution in [0.4, 0.5) is 0 Å². The van der Waals surface area contributed by atoms with Gasteiger partial charge in [0, 0.05) is 12.7 Å². The molecule has 0 spiro atoms. The Bertz CT molecular complexity index is 679. The molecule has 0 bridgehead atoms. The fourth-order valence-corrected chi connectivity index (χ4v) is 2.60. The zero-order valence-corrected chi connectivity index (χ0v) is 13.7. The molecule has 7 nitrogen and oxygen atoms in total. The summed E-state index contributed by atoms with van der Waals surface area (Å²) in [6.45, 7) is 1.46. The Morgan fingerprint density at radius 2 is 2.33 bits per heavy atom. The van der Waals surface area contributed by atoms with E-state index in [-0.39, 0.29) is 25.2 Å². The molecule has 130 valence electrons. The minimum Gasteiger partial charge on any atom is -0.497 e. The molecule has 1 N–H and O–H groups in total. The fourth-order valence-electron chi connectivity index (χ4n) is 2.60. The van der Waals surface area contributed by atoms with Crippen molar-refractivity contribution in [2.45, 2.75) is 31.9 Å². The highest BCUT2D eigenvalue weighted by Gasteiger charge is 2.14. The number of methoxy groups -OCH3 is 1. The summed E-state index contributed by atoms with van der Waals surface area (Å²) in [4.78, 5) is 16.1. The molecule has 7 heteroatoms. The van der Waals surface area contributed by atoms with Gasteiger partial charge in [0.1, 0.15) is 17.9 Å². The first-order valence-electron chi connectivity index (χ1n) is 8.14. The van der Waals surface area contributed by atoms with Crippen LogP contribution in [0, 0.1) is 0 Å². The molecule has 1 aliphatic rings. The van der Waals surface area contributed by atoms with Gasteiger partial charge < -0.3 is 23.9 Å². The molecule has 1 atom stereocenters. The Balaban J connectivity index is 1.42. The number of nitrogens with one attached hydrogen (secondary N) is 1. The van der Waals surface area contributed by atoms with Gasteiger partial charge in [-0.1, -0.05) is 0 Å². The largest absolute Gasteiger partial charge is 0.497 e. The molecule has 2 heterocycles. The van der Waals surface area contributed by atoms with Crippen molar-refractivity contribution in [1.29, 1.82) is 0 Å². The number of benzene rings is 1. The molecular formula is C17H22N2O5. The van der Waals surface area contributed by atoms with E-state index in [1.807, 2.05) is 0 Å². The molecular weight excluding hydrogens is 312 g/mol. The molecule has 1 aromatic carbocycles. The lowest BCUT2D eigenvalue weighted by atomic mass is 10.1. The third-order valence-electron chi connectivity index (χ3n) is 3.89. The molecule has 2 aromatic rings. The maximum atomic E-state index is 11.8. The van der Waals surface area contributed by atoms with Crippen LogP contribution in [0.3, 0.4) is 0 Å². The van der Waals surface area contributed by atoms with E-state index in [4.69, 9.17) is 18.6 Å². The van der Waals surface area contributed by atoms with E-state index in [2.05, 4.69) is 10.3 Å². The third kappa shape index (κ3) is 4.46. The summed E-state index contributed by atoms with van der Waals surface area (Å²) in [5.74, 6) is 0.956. The van der Waals surface area contributed by atoms with Crippen LogP contribution >= 0.6 is 0 Å². The number of aromatic nitrogens is 1. The number of ether oxygens (including phenoxy) is 3. The van der Waals surface area contributed by atoms with Gasteiger partial charge in [0.2, 0.25) is 11.8 Å². The number of carbonyl (C=O) groups excluding carboxylic acids is 1. The number of rotatable bonds is 7. The average molecular weight is 334 g/mol. The summed E-state index contributed by atoms with van der Waals surface area (Å²) in [5, 5.41) is 2.73. The van der Waals surface area contributed by atoms with Gasteiger partial charge >= 0.3 is 0 Å². The quantitative estimate of drug-likeness (QED) is 0.834. The zero-order chi connectivity index (χ0) is 16.8. The van der Waals surface area contributed by atoms with Gasteiger partial charge in [-0.2, -0.15) is 0 Å². The van der Waals surface area contributed by atoms with Crippen molar-refractivity contribution in [3.63, 3.8) is 0 Å². The van der Waals surface area contributed by atoms with Crippen LogP contribution in [-0.2, 0) is 20.8 Å². The fraction of sp³-hybridized carbons (Fsp3) is 0.529. The molecule has 1 fully saturated rings. The van der Waals surface area contributed by atoms with Crippen molar-refractivity contribution in [3.05, 3.63) is 24.1 Å². The predicted octanol–water partition coefficient (Wildman–Crippen LogP) is 2.04. The van der Waals surface area contributed by atoms with E-state index >= 15 is 0 Å². The minimum atomic E-state index is -0.203. The molecule has 1 amide bonds. The highest BCUT2D eigenvalue weighted by atomic mass is 16.5. The Labute approximate surface area is 140 Å². The summed E-state index contributed by atoms with van der Waals surface area (Å²) < 4.78 is 21.7. The van der Waals surface area contributed by atoms with Crippen molar-refractivity contribution >= 4 is 17.0 Å². The van der Waals surface area contributed by atoms with Gasteiger partial charge in [0.05, 0.1) is 26.4 Å². The van der Waals surface area contributed by atoms with Gasteiger partial charge in [-0.25, -0.2) is 4.98 Å². The Kier molecular flexibility index (Phi) is 5.66. The van der Waals surface area contributed by atoms with E-state index in [0.717, 1.165) is 25.9 Å². The first-order valence-corrected chi connectivity index (χ1v) is 8.14. The number of amides is 1. The van der Waals surface area contributed by atoms with Crippen molar-refractivity contribution in [3.8, 4) is 5.75 Å². The molecule has 24 heavy (non-hydrogen) atoms. The number of oxazole rings is 1. The Morgan fingerprint density at radius 1 is 1.42 bits per heavy atom. The van der Waals surface area contributed by atoms with Crippen molar-refractivity contribution in [2.24, 2.45) is 0 Å². The summed E-state index contributed by atoms with van der Waals surface area (Å²) in [6.07, 6.45) is 3.36. The van der Waals surface area contributed by atoms with Crippen LogP contribution in [0.15, 0.2) is 22.6 Å². The van der Waals surface area contributed by atoms with Crippen LogP contribution in [0.5, 0.6) is 5.75 Å². The average Bonchev–Trinajstić information content (AvgIpc) is 3.03. The highest BCUT2D eigenvalue weighted by molar-refractivity contribution is 5.77. The molecule has 0 radical (unpaired) electrons. The van der Waals surface area contributed by atoms with Crippen LogP contribution < -0.4 is 10.1 Å². The van der Waals surface area contributed by atoms with Crippen LogP contribution in [-0.4, -0.2) is 43.9 Å². The predicted molar refractivity (Wildman–Crippen MR) is 86.8 cm³/mol. The molecule has 0 saturated carbocycles. The second-order valence-corrected chi connectivity index (χ2v) is 5.72. The normalized spacial score (nSPS) is 17.8. The van der Waals surface area contributed by atoms with Gasteiger partial charge in [-0.05, 0) is 31.4 Å². The van der Waals surface area contributed by atoms with Crippen molar-refractivity contribution in [2.75, 3.05) is 26.9 Å². The number of hydrogen-bond donors (Lipinski definition) is 1. The van der Waals surface area contributed by atoms with Crippen molar-refractivity contribution in [1.82, 2.24) is 10.3 Å². The van der Waals surface area contributed by atoms with E-state index in [0.29, 0.717) is 29.3 Å². The van der Waals surface area contributed by atoms with Gasteiger partial charge in [-0.15, -0.1) is 0 Å². The molecule has 1 saturated heterocycles. The van der Waals surface area contributed by atoms with Gasteiger partial charge in [0.25, 0.3) is 0 Å². The van der Waals surface area contributed by atoms with Gasteiger partial charge in [-0.3, -0.25) is 4.79 Å². The second kappa shape index (κ2) is 8.12. The van der Waals surface area contributed by atoms with E-state index in [9.17, 15) is 4.79 Å². The maximum Gasteiger partial charge on any atom is 0.246 e. The SMILES string of the molecule is COc1ccc2oc(CNC(=O)COC[C@H]3CCCCO3)nc2c1. The number of carbonyl (C=O) groups is 1. The number of nitrogens with zero attached hydrogens (tertiary/aromatic N) is 1. The van der Waals surface area contributed by atoms with Crippen LogP contribution in [0.1, 0.15) is 25.2 Å². The lowest BCUT2D eigenvalue weighted by Crippen LogP contribution is -2.30. The molecule has 1 aromatic heterocycles. The van der Waals surface area contributed by atoms with E-state index in [1.54, 1.807) is 25.3 Å². The Morgan fingerprint density at radius 3 is 3.12 bits per heavy atom. The Hall–Kier alpha value is -2.12. The standard InChI is InChI=1S/C17H22N2O5/c1-21-12-5-6-15-14(8-12)19-17(24-15)9-18-16(20)11-22-10-13-4-2-3-7-23-13/h5-6,8,13H,2-4,7,9-11H2,1H3,(H,18,20)/t13-/m1/s1. The molecule has 1 aliphatic heterocycles. The summed E-state index contributed by atoms with van der Waals surface area (Å²) in [5.41, 5.74) is 1.36. The monoisotopic (exact) mass is 334 g/mol. The second-order valence-electron chi connectivity index (χ2n) is 5.72. The first kappa shape index (κ1) is 16.7. The molecule has 0 aliphatic carbocycles. The first-order chi connectivity index (χ1) is 11.7. The summed E-state index contributed by atoms with van der Waals surface area (Å²) >= 11 is 0. The third-order valence-corrected chi connectivity index (χ3v) is 3.89. The smallest absolute Gasteiger partial charge is 0.246 e. The van der Waals surface area contributed by atoms with Gasteiger partial charge in [0.15, 0.2) is 5.58 Å². The van der Waals surface area contributed by atoms with E-state index in [1.165, 1.54) is 0 Å². The lowest BCUT2D eigenvalue weighted by molar-refractivity contribution is -0.128. The maximum absolute atomic E-state index is 11.8.